The first-order valence-electron chi connectivity index (χ1n) is 10.5. The summed E-state index contributed by atoms with van der Waals surface area (Å²) in [7, 11) is 0. The maximum atomic E-state index is 15.5. The summed E-state index contributed by atoms with van der Waals surface area (Å²) in [6.45, 7) is 5.19. The van der Waals surface area contributed by atoms with E-state index in [9.17, 15) is 4.79 Å². The third-order valence-electron chi connectivity index (χ3n) is 6.69. The number of carbonyl (C=O) groups is 1. The normalized spacial score (nSPS) is 32.9. The van der Waals surface area contributed by atoms with Gasteiger partial charge in [0.15, 0.2) is 5.66 Å². The Bertz CT molecular complexity index is 640. The van der Waals surface area contributed by atoms with Crippen LogP contribution in [-0.2, 0) is 16.0 Å². The molecule has 1 aromatic rings. The standard InChI is InChI=1S/C19H33FN6O2/c1-3-13(4-2)12-28-17(27)19(21)10-15-9-18(20,7-5-14(15)11-22-19)8-6-16-23-25-26-24-16/h13-15,22H,3-12,21H2,1-2H3,(H,23,24,25,26)/t14-,15+,18-,19-/m0/s1. The Hall–Kier alpha value is -1.61. The van der Waals surface area contributed by atoms with Crippen LogP contribution in [0.15, 0.2) is 0 Å². The lowest BCUT2D eigenvalue weighted by atomic mass is 9.66. The molecule has 0 spiro atoms. The van der Waals surface area contributed by atoms with Gasteiger partial charge < -0.3 is 10.5 Å². The molecule has 1 saturated heterocycles. The first-order chi connectivity index (χ1) is 13.4. The van der Waals surface area contributed by atoms with E-state index < -0.39 is 17.3 Å². The van der Waals surface area contributed by atoms with Gasteiger partial charge in [0.1, 0.15) is 11.5 Å². The molecule has 3 rings (SSSR count). The van der Waals surface area contributed by atoms with Gasteiger partial charge in [0.05, 0.1) is 6.61 Å². The van der Waals surface area contributed by atoms with E-state index in [2.05, 4.69) is 39.8 Å². The molecule has 9 heteroatoms. The Morgan fingerprint density at radius 1 is 1.36 bits per heavy atom. The van der Waals surface area contributed by atoms with E-state index in [-0.39, 0.29) is 5.92 Å². The van der Waals surface area contributed by atoms with Gasteiger partial charge in [-0.05, 0) is 60.3 Å². The molecule has 1 aliphatic carbocycles. The quantitative estimate of drug-likeness (QED) is 0.574. The molecule has 4 atom stereocenters. The molecule has 0 aromatic carbocycles. The molecule has 1 aromatic heterocycles. The number of aromatic amines is 1. The number of nitrogens with one attached hydrogen (secondary N) is 2. The van der Waals surface area contributed by atoms with Crippen LogP contribution in [0.5, 0.6) is 0 Å². The zero-order valence-corrected chi connectivity index (χ0v) is 16.9. The van der Waals surface area contributed by atoms with Crippen molar-refractivity contribution >= 4 is 5.97 Å². The number of H-pyrrole nitrogens is 1. The Kier molecular flexibility index (Phi) is 6.65. The Labute approximate surface area is 165 Å². The Morgan fingerprint density at radius 3 is 2.82 bits per heavy atom. The fourth-order valence-electron chi connectivity index (χ4n) is 4.58. The lowest BCUT2D eigenvalue weighted by molar-refractivity contribution is -0.156. The molecular weight excluding hydrogens is 363 g/mol. The molecule has 1 saturated carbocycles. The minimum absolute atomic E-state index is 0.0681. The second kappa shape index (κ2) is 8.82. The van der Waals surface area contributed by atoms with E-state index in [4.69, 9.17) is 10.5 Å². The van der Waals surface area contributed by atoms with Gasteiger partial charge in [-0.2, -0.15) is 0 Å². The van der Waals surface area contributed by atoms with Crippen LogP contribution in [0.25, 0.3) is 0 Å². The van der Waals surface area contributed by atoms with Gasteiger partial charge in [0.25, 0.3) is 0 Å². The van der Waals surface area contributed by atoms with Crippen LogP contribution in [-0.4, -0.2) is 51.1 Å². The van der Waals surface area contributed by atoms with Crippen molar-refractivity contribution in [2.24, 2.45) is 23.5 Å². The van der Waals surface area contributed by atoms with E-state index in [1.54, 1.807) is 0 Å². The van der Waals surface area contributed by atoms with Crippen molar-refractivity contribution in [2.45, 2.75) is 76.5 Å². The van der Waals surface area contributed by atoms with E-state index >= 15 is 4.39 Å². The number of fused-ring (bicyclic) bond motifs is 1. The highest BCUT2D eigenvalue weighted by Crippen LogP contribution is 2.45. The van der Waals surface area contributed by atoms with Crippen LogP contribution in [0, 0.1) is 17.8 Å². The summed E-state index contributed by atoms with van der Waals surface area (Å²) in [5.41, 5.74) is 3.88. The van der Waals surface area contributed by atoms with Crippen molar-refractivity contribution in [3.8, 4) is 0 Å². The van der Waals surface area contributed by atoms with Gasteiger partial charge in [-0.15, -0.1) is 5.10 Å². The number of alkyl halides is 1. The Balaban J connectivity index is 1.57. The molecule has 0 bridgehead atoms. The number of nitrogens with two attached hydrogens (primary N) is 1. The lowest BCUT2D eigenvalue weighted by Crippen LogP contribution is -2.66. The average Bonchev–Trinajstić information content (AvgIpc) is 3.20. The van der Waals surface area contributed by atoms with E-state index in [1.807, 2.05) is 0 Å². The van der Waals surface area contributed by atoms with Crippen molar-refractivity contribution in [1.82, 2.24) is 25.9 Å². The van der Waals surface area contributed by atoms with Gasteiger partial charge >= 0.3 is 5.97 Å². The van der Waals surface area contributed by atoms with Crippen molar-refractivity contribution in [1.29, 1.82) is 0 Å². The van der Waals surface area contributed by atoms with E-state index in [0.717, 1.165) is 19.3 Å². The van der Waals surface area contributed by atoms with Crippen molar-refractivity contribution in [3.05, 3.63) is 5.82 Å². The zero-order chi connectivity index (χ0) is 20.2. The molecule has 4 N–H and O–H groups in total. The summed E-state index contributed by atoms with van der Waals surface area (Å²) in [6.07, 6.45) is 4.92. The number of hydrogen-bond donors (Lipinski definition) is 3. The summed E-state index contributed by atoms with van der Waals surface area (Å²) < 4.78 is 21.0. The van der Waals surface area contributed by atoms with Crippen molar-refractivity contribution in [2.75, 3.05) is 13.2 Å². The molecule has 0 amide bonds. The Morgan fingerprint density at radius 2 is 2.14 bits per heavy atom. The van der Waals surface area contributed by atoms with Gasteiger partial charge in [0.2, 0.25) is 0 Å². The lowest BCUT2D eigenvalue weighted by Gasteiger charge is -2.47. The summed E-state index contributed by atoms with van der Waals surface area (Å²) in [6, 6.07) is 0. The molecule has 2 fully saturated rings. The van der Waals surface area contributed by atoms with Gasteiger partial charge in [0, 0.05) is 13.0 Å². The highest BCUT2D eigenvalue weighted by atomic mass is 19.1. The number of carbonyl (C=O) groups excluding carboxylic acids is 1. The van der Waals surface area contributed by atoms with Gasteiger partial charge in [-0.25, -0.2) is 14.3 Å². The van der Waals surface area contributed by atoms with Crippen LogP contribution in [0.3, 0.4) is 0 Å². The second-order valence-electron chi connectivity index (χ2n) is 8.60. The third-order valence-corrected chi connectivity index (χ3v) is 6.69. The fraction of sp³-hybridized carbons (Fsp3) is 0.895. The number of piperidine rings is 1. The minimum Gasteiger partial charge on any atom is -0.463 e. The monoisotopic (exact) mass is 396 g/mol. The predicted octanol–water partition coefficient (Wildman–Crippen LogP) is 1.88. The largest absolute Gasteiger partial charge is 0.463 e. The molecule has 1 aliphatic heterocycles. The fourth-order valence-corrected chi connectivity index (χ4v) is 4.58. The number of hydrogen-bond acceptors (Lipinski definition) is 7. The van der Waals surface area contributed by atoms with Crippen LogP contribution < -0.4 is 11.1 Å². The number of halogens is 1. The molecule has 0 unspecified atom stereocenters. The van der Waals surface area contributed by atoms with E-state index in [0.29, 0.717) is 62.9 Å². The smallest absolute Gasteiger partial charge is 0.341 e. The van der Waals surface area contributed by atoms with E-state index in [1.165, 1.54) is 0 Å². The average molecular weight is 397 g/mol. The number of aryl methyl sites for hydroxylation is 1. The molecular formula is C19H33FN6O2. The second-order valence-corrected chi connectivity index (χ2v) is 8.60. The van der Waals surface area contributed by atoms with Crippen molar-refractivity contribution < 1.29 is 13.9 Å². The number of esters is 1. The number of ether oxygens (including phenoxy) is 1. The molecule has 28 heavy (non-hydrogen) atoms. The zero-order valence-electron chi connectivity index (χ0n) is 16.9. The number of rotatable bonds is 8. The summed E-state index contributed by atoms with van der Waals surface area (Å²) in [4.78, 5) is 12.6. The summed E-state index contributed by atoms with van der Waals surface area (Å²) >= 11 is 0. The predicted molar refractivity (Wildman–Crippen MR) is 102 cm³/mol. The maximum Gasteiger partial charge on any atom is 0.341 e. The highest BCUT2D eigenvalue weighted by molar-refractivity contribution is 5.80. The van der Waals surface area contributed by atoms with Crippen molar-refractivity contribution in [3.63, 3.8) is 0 Å². The number of aromatic nitrogens is 4. The summed E-state index contributed by atoms with van der Waals surface area (Å²) in [5.74, 6) is 0.948. The SMILES string of the molecule is CCC(CC)COC(=O)[C@]1(N)C[C@H]2C[C@@](F)(CCc3nnn[nH]3)CC[C@H]2CN1. The first kappa shape index (κ1) is 21.1. The third kappa shape index (κ3) is 4.86. The van der Waals surface area contributed by atoms with Gasteiger partial charge in [-0.1, -0.05) is 26.7 Å². The molecule has 0 radical (unpaired) electrons. The molecule has 8 nitrogen and oxygen atoms in total. The van der Waals surface area contributed by atoms with Crippen LogP contribution in [0.2, 0.25) is 0 Å². The minimum atomic E-state index is -1.27. The van der Waals surface area contributed by atoms with Crippen LogP contribution in [0.4, 0.5) is 4.39 Å². The first-order valence-corrected chi connectivity index (χ1v) is 10.5. The molecule has 2 aliphatic rings. The molecule has 2 heterocycles. The van der Waals surface area contributed by atoms with Gasteiger partial charge in [-0.3, -0.25) is 5.32 Å². The topological polar surface area (TPSA) is 119 Å². The number of nitrogens with zero attached hydrogens (tertiary/aromatic N) is 3. The summed E-state index contributed by atoms with van der Waals surface area (Å²) in [5, 5.41) is 16.8. The molecule has 158 valence electrons. The highest BCUT2D eigenvalue weighted by Gasteiger charge is 2.49. The van der Waals surface area contributed by atoms with Crippen LogP contribution >= 0.6 is 0 Å². The maximum absolute atomic E-state index is 15.5. The van der Waals surface area contributed by atoms with Crippen LogP contribution in [0.1, 0.15) is 64.6 Å². The number of tetrazole rings is 1.